The van der Waals surface area contributed by atoms with Gasteiger partial charge in [0, 0.05) is 25.3 Å². The van der Waals surface area contributed by atoms with E-state index >= 15 is 0 Å². The number of pyridine rings is 1. The molecular formula is C14H17N3O3S. The lowest BCUT2D eigenvalue weighted by molar-refractivity contribution is -0.133. The Balaban J connectivity index is 1.92. The molecule has 1 saturated heterocycles. The van der Waals surface area contributed by atoms with Crippen LogP contribution in [0.25, 0.3) is 11.2 Å². The first-order chi connectivity index (χ1) is 10.1. The minimum Gasteiger partial charge on any atom is -0.481 e. The van der Waals surface area contributed by atoms with Gasteiger partial charge in [-0.3, -0.25) is 4.79 Å². The Kier molecular flexibility index (Phi) is 4.12. The monoisotopic (exact) mass is 307 g/mol. The van der Waals surface area contributed by atoms with E-state index < -0.39 is 5.97 Å². The second-order valence-corrected chi connectivity index (χ2v) is 6.10. The lowest BCUT2D eigenvalue weighted by Gasteiger charge is -2.16. The topological polar surface area (TPSA) is 77.2 Å². The molecule has 1 aliphatic heterocycles. The molecule has 0 amide bonds. The highest BCUT2D eigenvalue weighted by molar-refractivity contribution is 7.99. The van der Waals surface area contributed by atoms with Crippen molar-refractivity contribution in [2.45, 2.75) is 31.1 Å². The molecule has 6 nitrogen and oxygen atoms in total. The van der Waals surface area contributed by atoms with E-state index in [-0.39, 0.29) is 11.9 Å². The van der Waals surface area contributed by atoms with Crippen molar-refractivity contribution < 1.29 is 14.6 Å². The van der Waals surface area contributed by atoms with Gasteiger partial charge in [0.05, 0.1) is 11.9 Å². The molecule has 1 fully saturated rings. The van der Waals surface area contributed by atoms with Crippen LogP contribution in [0, 0.1) is 5.92 Å². The van der Waals surface area contributed by atoms with E-state index in [0.29, 0.717) is 11.1 Å². The van der Waals surface area contributed by atoms with Crippen molar-refractivity contribution in [3.8, 4) is 0 Å². The molecule has 112 valence electrons. The molecule has 7 heteroatoms. The summed E-state index contributed by atoms with van der Waals surface area (Å²) in [5.41, 5.74) is 1.61. The van der Waals surface area contributed by atoms with Gasteiger partial charge in [-0.15, -0.1) is 0 Å². The predicted octanol–water partition coefficient (Wildman–Crippen LogP) is 2.03. The summed E-state index contributed by atoms with van der Waals surface area (Å²) in [5, 5.41) is 9.59. The van der Waals surface area contributed by atoms with E-state index in [2.05, 4.69) is 16.9 Å². The number of ether oxygens (including phenoxy) is 1. The van der Waals surface area contributed by atoms with Gasteiger partial charge in [-0.05, 0) is 25.5 Å². The maximum atomic E-state index is 10.8. The van der Waals surface area contributed by atoms with Crippen molar-refractivity contribution in [1.29, 1.82) is 0 Å². The Morgan fingerprint density at radius 3 is 3.19 bits per heavy atom. The normalized spacial score (nSPS) is 22.0. The Morgan fingerprint density at radius 1 is 1.62 bits per heavy atom. The number of carboxylic acids is 1. The van der Waals surface area contributed by atoms with Crippen LogP contribution < -0.4 is 0 Å². The average molecular weight is 307 g/mol. The predicted molar refractivity (Wildman–Crippen MR) is 79.4 cm³/mol. The van der Waals surface area contributed by atoms with E-state index in [1.807, 2.05) is 16.7 Å². The summed E-state index contributed by atoms with van der Waals surface area (Å²) < 4.78 is 7.64. The summed E-state index contributed by atoms with van der Waals surface area (Å²) in [7, 11) is 0. The second-order valence-electron chi connectivity index (χ2n) is 5.16. The highest BCUT2D eigenvalue weighted by Gasteiger charge is 2.26. The van der Waals surface area contributed by atoms with Crippen LogP contribution in [0.4, 0.5) is 0 Å². The van der Waals surface area contributed by atoms with Crippen LogP contribution >= 0.6 is 11.8 Å². The molecular weight excluding hydrogens is 290 g/mol. The maximum absolute atomic E-state index is 10.8. The van der Waals surface area contributed by atoms with Crippen LogP contribution in [0.15, 0.2) is 23.5 Å². The molecule has 0 aliphatic carbocycles. The third kappa shape index (κ3) is 3.03. The van der Waals surface area contributed by atoms with E-state index in [1.54, 1.807) is 6.20 Å². The van der Waals surface area contributed by atoms with Crippen LogP contribution in [0.2, 0.25) is 0 Å². The number of thioether (sulfide) groups is 1. The zero-order valence-corrected chi connectivity index (χ0v) is 12.5. The molecule has 0 bridgehead atoms. The van der Waals surface area contributed by atoms with E-state index in [9.17, 15) is 4.79 Å². The van der Waals surface area contributed by atoms with Crippen LogP contribution in [0.5, 0.6) is 0 Å². The first-order valence-corrected chi connectivity index (χ1v) is 7.91. The summed E-state index contributed by atoms with van der Waals surface area (Å²) in [6.07, 6.45) is 2.96. The van der Waals surface area contributed by atoms with Gasteiger partial charge in [-0.2, -0.15) is 0 Å². The maximum Gasteiger partial charge on any atom is 0.313 e. The number of hydrogen-bond acceptors (Lipinski definition) is 5. The van der Waals surface area contributed by atoms with Gasteiger partial charge >= 0.3 is 5.97 Å². The summed E-state index contributed by atoms with van der Waals surface area (Å²) in [6.45, 7) is 3.62. The van der Waals surface area contributed by atoms with Gasteiger partial charge in [0.2, 0.25) is 0 Å². The number of nitrogens with zero attached hydrogens (tertiary/aromatic N) is 3. The molecule has 3 heterocycles. The Hall–Kier alpha value is -1.60. The quantitative estimate of drug-likeness (QED) is 0.852. The smallest absolute Gasteiger partial charge is 0.313 e. The van der Waals surface area contributed by atoms with Crippen molar-refractivity contribution in [2.24, 2.45) is 5.92 Å². The van der Waals surface area contributed by atoms with E-state index in [0.717, 1.165) is 30.7 Å². The highest BCUT2D eigenvalue weighted by atomic mass is 32.2. The fourth-order valence-electron chi connectivity index (χ4n) is 2.59. The van der Waals surface area contributed by atoms with Gasteiger partial charge in [-0.25, -0.2) is 9.97 Å². The minimum absolute atomic E-state index is 0.0000418. The number of carbonyl (C=O) groups is 1. The zero-order valence-electron chi connectivity index (χ0n) is 11.7. The molecule has 2 aromatic rings. The number of fused-ring (bicyclic) bond motifs is 1. The number of aliphatic carboxylic acids is 1. The van der Waals surface area contributed by atoms with Gasteiger partial charge in [0.1, 0.15) is 5.52 Å². The van der Waals surface area contributed by atoms with Crippen molar-refractivity contribution >= 4 is 28.9 Å². The van der Waals surface area contributed by atoms with Crippen molar-refractivity contribution in [3.05, 3.63) is 18.3 Å². The van der Waals surface area contributed by atoms with Crippen LogP contribution in [0.3, 0.4) is 0 Å². The second kappa shape index (κ2) is 6.03. The van der Waals surface area contributed by atoms with Crippen molar-refractivity contribution in [2.75, 3.05) is 12.4 Å². The van der Waals surface area contributed by atoms with Crippen LogP contribution in [-0.2, 0) is 16.1 Å². The van der Waals surface area contributed by atoms with Gasteiger partial charge < -0.3 is 14.4 Å². The third-order valence-corrected chi connectivity index (χ3v) is 4.70. The fraction of sp³-hybridized carbons (Fsp3) is 0.500. The zero-order chi connectivity index (χ0) is 14.8. The lowest BCUT2D eigenvalue weighted by atomic mass is 10.0. The van der Waals surface area contributed by atoms with Crippen LogP contribution in [0.1, 0.15) is 13.3 Å². The SMILES string of the molecule is CC1OCCC1Cn1c(SCC(=O)O)nc2cccnc21. The van der Waals surface area contributed by atoms with Crippen LogP contribution in [-0.4, -0.2) is 44.1 Å². The van der Waals surface area contributed by atoms with E-state index in [1.165, 1.54) is 11.8 Å². The largest absolute Gasteiger partial charge is 0.481 e. The molecule has 0 saturated carbocycles. The molecule has 3 rings (SSSR count). The van der Waals surface area contributed by atoms with Gasteiger partial charge in [0.15, 0.2) is 10.8 Å². The molecule has 2 aromatic heterocycles. The number of rotatable bonds is 5. The molecule has 1 aliphatic rings. The minimum atomic E-state index is -0.843. The molecule has 0 spiro atoms. The highest BCUT2D eigenvalue weighted by Crippen LogP contribution is 2.28. The summed E-state index contributed by atoms with van der Waals surface area (Å²) in [6, 6.07) is 3.74. The number of imidazole rings is 1. The molecule has 2 unspecified atom stereocenters. The van der Waals surface area contributed by atoms with Gasteiger partial charge in [0.25, 0.3) is 0 Å². The molecule has 0 radical (unpaired) electrons. The Morgan fingerprint density at radius 2 is 2.48 bits per heavy atom. The lowest BCUT2D eigenvalue weighted by Crippen LogP contribution is -2.18. The third-order valence-electron chi connectivity index (χ3n) is 3.74. The van der Waals surface area contributed by atoms with Crippen molar-refractivity contribution in [3.63, 3.8) is 0 Å². The van der Waals surface area contributed by atoms with Gasteiger partial charge in [-0.1, -0.05) is 11.8 Å². The summed E-state index contributed by atoms with van der Waals surface area (Å²) >= 11 is 1.24. The Bertz CT molecular complexity index is 658. The fourth-order valence-corrected chi connectivity index (χ4v) is 3.32. The number of aromatic nitrogens is 3. The van der Waals surface area contributed by atoms with Crippen molar-refractivity contribution in [1.82, 2.24) is 14.5 Å². The molecule has 0 aromatic carbocycles. The van der Waals surface area contributed by atoms with E-state index in [4.69, 9.17) is 9.84 Å². The Labute approximate surface area is 126 Å². The standard InChI is InChI=1S/C14H17N3O3S/c1-9-10(4-6-20-9)7-17-13-11(3-2-5-15-13)16-14(17)21-8-12(18)19/h2-3,5,9-10H,4,6-8H2,1H3,(H,18,19). The molecule has 2 atom stereocenters. The molecule has 1 N–H and O–H groups in total. The summed E-state index contributed by atoms with van der Waals surface area (Å²) in [4.78, 5) is 19.7. The number of carboxylic acid groups (broad SMARTS) is 1. The first-order valence-electron chi connectivity index (χ1n) is 6.92. The number of hydrogen-bond donors (Lipinski definition) is 1. The summed E-state index contributed by atoms with van der Waals surface area (Å²) in [5.74, 6) is -0.433. The first kappa shape index (κ1) is 14.3. The molecule has 21 heavy (non-hydrogen) atoms. The average Bonchev–Trinajstić information content (AvgIpc) is 3.02.